The van der Waals surface area contributed by atoms with Crippen molar-refractivity contribution >= 4 is 45.5 Å². The van der Waals surface area contributed by atoms with Gasteiger partial charge >= 0.3 is 0 Å². The third kappa shape index (κ3) is 10.0. The van der Waals surface area contributed by atoms with Gasteiger partial charge in [-0.3, -0.25) is 4.99 Å². The van der Waals surface area contributed by atoms with Crippen molar-refractivity contribution in [1.29, 1.82) is 0 Å². The summed E-state index contributed by atoms with van der Waals surface area (Å²) >= 11 is 0. The molecule has 2 N–H and O–H groups in total. The van der Waals surface area contributed by atoms with Crippen LogP contribution in [0.4, 0.5) is 5.69 Å². The molecule has 0 aliphatic rings. The summed E-state index contributed by atoms with van der Waals surface area (Å²) in [6.45, 7) is 6.39. The Bertz CT molecular complexity index is 835. The average molecular weight is 535 g/mol. The van der Waals surface area contributed by atoms with E-state index in [2.05, 4.69) is 15.6 Å². The molecule has 0 spiro atoms. The number of hydrogen-bond donors (Lipinski definition) is 2. The molecule has 0 radical (unpaired) electrons. The molecule has 9 heteroatoms. The van der Waals surface area contributed by atoms with Crippen LogP contribution in [0.25, 0.3) is 0 Å². The van der Waals surface area contributed by atoms with E-state index in [0.29, 0.717) is 18.9 Å². The minimum atomic E-state index is -3.06. The summed E-state index contributed by atoms with van der Waals surface area (Å²) in [7, 11) is -3.06. The van der Waals surface area contributed by atoms with Crippen molar-refractivity contribution in [3.63, 3.8) is 0 Å². The molecule has 1 aromatic heterocycles. The zero-order chi connectivity index (χ0) is 20.4. The van der Waals surface area contributed by atoms with Crippen LogP contribution in [-0.4, -0.2) is 45.1 Å². The number of nitrogens with one attached hydrogen (secondary N) is 2. The van der Waals surface area contributed by atoms with E-state index in [-0.39, 0.29) is 48.1 Å². The highest BCUT2D eigenvalue weighted by molar-refractivity contribution is 14.0. The van der Waals surface area contributed by atoms with E-state index in [1.54, 1.807) is 13.2 Å². The number of sulfone groups is 1. The Morgan fingerprint density at radius 1 is 1.21 bits per heavy atom. The third-order valence-corrected chi connectivity index (χ3v) is 5.53. The molecule has 0 saturated carbocycles. The monoisotopic (exact) mass is 535 g/mol. The molecule has 2 aromatic rings. The second kappa shape index (κ2) is 12.7. The Labute approximate surface area is 190 Å². The summed E-state index contributed by atoms with van der Waals surface area (Å²) in [5, 5.41) is 6.41. The highest BCUT2D eigenvalue weighted by atomic mass is 127. The SMILES string of the molecule is CCS(=O)(=O)CCN=C(NCCc1ccco1)Nc1ccc(OC(C)C)cc1.I. The van der Waals surface area contributed by atoms with Gasteiger partial charge in [0.15, 0.2) is 15.8 Å². The van der Waals surface area contributed by atoms with Gasteiger partial charge in [-0.15, -0.1) is 24.0 Å². The zero-order valence-electron chi connectivity index (χ0n) is 17.1. The molecule has 162 valence electrons. The highest BCUT2D eigenvalue weighted by Gasteiger charge is 2.08. The fourth-order valence-corrected chi connectivity index (χ4v) is 3.02. The third-order valence-electron chi connectivity index (χ3n) is 3.84. The first-order valence-corrected chi connectivity index (χ1v) is 11.2. The van der Waals surface area contributed by atoms with Gasteiger partial charge in [0.1, 0.15) is 11.5 Å². The molecule has 0 bridgehead atoms. The van der Waals surface area contributed by atoms with Gasteiger partial charge < -0.3 is 19.8 Å². The maximum Gasteiger partial charge on any atom is 0.195 e. The number of aliphatic imine (C=N–C) groups is 1. The van der Waals surface area contributed by atoms with E-state index in [1.165, 1.54) is 0 Å². The van der Waals surface area contributed by atoms with Crippen LogP contribution in [0.1, 0.15) is 26.5 Å². The summed E-state index contributed by atoms with van der Waals surface area (Å²) in [5.41, 5.74) is 0.832. The molecular weight excluding hydrogens is 505 g/mol. The zero-order valence-corrected chi connectivity index (χ0v) is 20.2. The number of anilines is 1. The second-order valence-electron chi connectivity index (χ2n) is 6.54. The van der Waals surface area contributed by atoms with Crippen LogP contribution in [0.5, 0.6) is 5.75 Å². The minimum absolute atomic E-state index is 0. The van der Waals surface area contributed by atoms with Crippen molar-refractivity contribution in [3.8, 4) is 5.75 Å². The molecule has 0 amide bonds. The molecule has 0 saturated heterocycles. The first-order chi connectivity index (χ1) is 13.4. The Morgan fingerprint density at radius 2 is 1.93 bits per heavy atom. The molecular formula is C20H30IN3O4S. The largest absolute Gasteiger partial charge is 0.491 e. The number of furan rings is 1. The van der Waals surface area contributed by atoms with E-state index in [4.69, 9.17) is 9.15 Å². The van der Waals surface area contributed by atoms with Crippen LogP contribution in [0.15, 0.2) is 52.1 Å². The second-order valence-corrected chi connectivity index (χ2v) is 9.01. The lowest BCUT2D eigenvalue weighted by Gasteiger charge is -2.14. The average Bonchev–Trinajstić information content (AvgIpc) is 3.16. The predicted octanol–water partition coefficient (Wildman–Crippen LogP) is 3.72. The van der Waals surface area contributed by atoms with Gasteiger partial charge in [0, 0.05) is 24.4 Å². The molecule has 1 heterocycles. The number of rotatable bonds is 10. The summed E-state index contributed by atoms with van der Waals surface area (Å²) in [6, 6.07) is 11.3. The molecule has 2 rings (SSSR count). The first-order valence-electron chi connectivity index (χ1n) is 9.43. The summed E-state index contributed by atoms with van der Waals surface area (Å²) in [5.74, 6) is 2.33. The van der Waals surface area contributed by atoms with Gasteiger partial charge in [-0.1, -0.05) is 6.92 Å². The normalized spacial score (nSPS) is 11.8. The summed E-state index contributed by atoms with van der Waals surface area (Å²) in [4.78, 5) is 4.40. The van der Waals surface area contributed by atoms with Crippen LogP contribution in [-0.2, 0) is 16.3 Å². The first kappa shape index (κ1) is 25.3. The maximum absolute atomic E-state index is 11.7. The topological polar surface area (TPSA) is 92.9 Å². The standard InChI is InChI=1S/C20H29N3O4S.HI/c1-4-28(24,25)15-13-22-20(21-12-11-18-6-5-14-26-18)23-17-7-9-19(10-8-17)27-16(2)3;/h5-10,14,16H,4,11-13,15H2,1-3H3,(H2,21,22,23);1H. The van der Waals surface area contributed by atoms with Crippen molar-refractivity contribution < 1.29 is 17.6 Å². The molecule has 0 fully saturated rings. The number of halogens is 1. The number of guanidine groups is 1. The number of benzene rings is 1. The molecule has 0 unspecified atom stereocenters. The summed E-state index contributed by atoms with van der Waals surface area (Å²) < 4.78 is 34.4. The van der Waals surface area contributed by atoms with Crippen LogP contribution in [0.2, 0.25) is 0 Å². The van der Waals surface area contributed by atoms with Gasteiger partial charge in [0.25, 0.3) is 0 Å². The van der Waals surface area contributed by atoms with Crippen LogP contribution in [0.3, 0.4) is 0 Å². The fraction of sp³-hybridized carbons (Fsp3) is 0.450. The van der Waals surface area contributed by atoms with E-state index in [9.17, 15) is 8.42 Å². The van der Waals surface area contributed by atoms with Gasteiger partial charge in [0.05, 0.1) is 24.7 Å². The van der Waals surface area contributed by atoms with Crippen LogP contribution in [0, 0.1) is 0 Å². The van der Waals surface area contributed by atoms with Gasteiger partial charge in [-0.05, 0) is 50.2 Å². The van der Waals surface area contributed by atoms with E-state index >= 15 is 0 Å². The molecule has 1 aromatic carbocycles. The lowest BCUT2D eigenvalue weighted by molar-refractivity contribution is 0.242. The van der Waals surface area contributed by atoms with Crippen molar-refractivity contribution in [3.05, 3.63) is 48.4 Å². The molecule has 0 aliphatic heterocycles. The molecule has 0 aliphatic carbocycles. The van der Waals surface area contributed by atoms with Gasteiger partial charge in [-0.2, -0.15) is 0 Å². The molecule has 29 heavy (non-hydrogen) atoms. The Morgan fingerprint density at radius 3 is 2.52 bits per heavy atom. The van der Waals surface area contributed by atoms with Crippen molar-refractivity contribution in [1.82, 2.24) is 5.32 Å². The van der Waals surface area contributed by atoms with Crippen molar-refractivity contribution in [2.45, 2.75) is 33.3 Å². The van der Waals surface area contributed by atoms with E-state index < -0.39 is 9.84 Å². The van der Waals surface area contributed by atoms with Crippen molar-refractivity contribution in [2.24, 2.45) is 4.99 Å². The Hall–Kier alpha value is -1.75. The summed E-state index contributed by atoms with van der Waals surface area (Å²) in [6.07, 6.45) is 2.45. The molecule has 7 nitrogen and oxygen atoms in total. The van der Waals surface area contributed by atoms with E-state index in [0.717, 1.165) is 17.2 Å². The predicted molar refractivity (Wildman–Crippen MR) is 128 cm³/mol. The number of ether oxygens (including phenoxy) is 1. The Balaban J connectivity index is 0.00000420. The quantitative estimate of drug-likeness (QED) is 0.274. The fourth-order valence-electron chi connectivity index (χ4n) is 2.37. The van der Waals surface area contributed by atoms with Crippen LogP contribution >= 0.6 is 24.0 Å². The van der Waals surface area contributed by atoms with Gasteiger partial charge in [0.2, 0.25) is 0 Å². The maximum atomic E-state index is 11.7. The minimum Gasteiger partial charge on any atom is -0.491 e. The molecule has 0 atom stereocenters. The lowest BCUT2D eigenvalue weighted by Crippen LogP contribution is -2.33. The Kier molecular flexibility index (Phi) is 11.1. The smallest absolute Gasteiger partial charge is 0.195 e. The lowest BCUT2D eigenvalue weighted by atomic mass is 10.3. The highest BCUT2D eigenvalue weighted by Crippen LogP contribution is 2.16. The number of nitrogens with zero attached hydrogens (tertiary/aromatic N) is 1. The number of hydrogen-bond acceptors (Lipinski definition) is 5. The van der Waals surface area contributed by atoms with Gasteiger partial charge in [-0.25, -0.2) is 8.42 Å². The van der Waals surface area contributed by atoms with E-state index in [1.807, 2.05) is 50.2 Å². The van der Waals surface area contributed by atoms with Crippen LogP contribution < -0.4 is 15.4 Å². The van der Waals surface area contributed by atoms with Crippen molar-refractivity contribution in [2.75, 3.05) is 29.9 Å².